The maximum absolute atomic E-state index is 12.0. The Morgan fingerprint density at radius 2 is 1.75 bits per heavy atom. The van der Waals surface area contributed by atoms with Crippen LogP contribution in [-0.2, 0) is 13.0 Å². The number of hydrogen-bond acceptors (Lipinski definition) is 2. The van der Waals surface area contributed by atoms with Crippen molar-refractivity contribution in [2.24, 2.45) is 0 Å². The van der Waals surface area contributed by atoms with E-state index in [1.54, 1.807) is 0 Å². The summed E-state index contributed by atoms with van der Waals surface area (Å²) in [6, 6.07) is 22.5. The molecule has 140 valence electrons. The van der Waals surface area contributed by atoms with Crippen molar-refractivity contribution in [3.63, 3.8) is 0 Å². The fourth-order valence-corrected chi connectivity index (χ4v) is 3.50. The van der Waals surface area contributed by atoms with Gasteiger partial charge in [-0.25, -0.2) is 0 Å². The van der Waals surface area contributed by atoms with Gasteiger partial charge in [0, 0.05) is 22.8 Å². The van der Waals surface area contributed by atoms with Crippen LogP contribution in [0, 0.1) is 6.92 Å². The van der Waals surface area contributed by atoms with E-state index in [2.05, 4.69) is 31.2 Å². The third kappa shape index (κ3) is 3.44. The number of carbonyl (C=O) groups is 1. The molecule has 2 heterocycles. The number of fused-ring (bicyclic) bond motifs is 1. The summed E-state index contributed by atoms with van der Waals surface area (Å²) in [6.45, 7) is 4.64. The fourth-order valence-electron chi connectivity index (χ4n) is 3.50. The third-order valence-corrected chi connectivity index (χ3v) is 5.05. The smallest absolute Gasteiger partial charge is 0.167 e. The molecule has 3 nitrogen and oxygen atoms in total. The van der Waals surface area contributed by atoms with Gasteiger partial charge in [0.2, 0.25) is 0 Å². The number of nitrogens with zero attached hydrogens (tertiary/aromatic N) is 1. The molecular formula is C25H23NO2. The molecule has 0 atom stereocenters. The second kappa shape index (κ2) is 7.73. The van der Waals surface area contributed by atoms with Gasteiger partial charge in [-0.1, -0.05) is 49.4 Å². The molecule has 4 aromatic rings. The number of aromatic nitrogens is 1. The third-order valence-electron chi connectivity index (χ3n) is 5.05. The summed E-state index contributed by atoms with van der Waals surface area (Å²) in [5.41, 5.74) is 6.94. The van der Waals surface area contributed by atoms with Crippen molar-refractivity contribution in [2.45, 2.75) is 26.9 Å². The Kier molecular flexibility index (Phi) is 4.98. The van der Waals surface area contributed by atoms with E-state index in [0.717, 1.165) is 46.2 Å². The zero-order valence-corrected chi connectivity index (χ0v) is 16.2. The zero-order valence-electron chi connectivity index (χ0n) is 16.2. The minimum Gasteiger partial charge on any atom is -0.488 e. The normalized spacial score (nSPS) is 10.9. The number of rotatable bonds is 6. The van der Waals surface area contributed by atoms with Crippen LogP contribution in [0.4, 0.5) is 0 Å². The average molecular weight is 369 g/mol. The highest BCUT2D eigenvalue weighted by molar-refractivity contribution is 5.91. The van der Waals surface area contributed by atoms with Crippen molar-refractivity contribution in [1.82, 2.24) is 4.40 Å². The largest absolute Gasteiger partial charge is 0.488 e. The van der Waals surface area contributed by atoms with Crippen molar-refractivity contribution < 1.29 is 9.53 Å². The lowest BCUT2D eigenvalue weighted by atomic mass is 10.0. The van der Waals surface area contributed by atoms with E-state index in [1.165, 1.54) is 5.56 Å². The first kappa shape index (κ1) is 18.1. The highest BCUT2D eigenvalue weighted by atomic mass is 16.5. The van der Waals surface area contributed by atoms with E-state index < -0.39 is 0 Å². The minimum atomic E-state index is 0.488. The Morgan fingerprint density at radius 1 is 0.929 bits per heavy atom. The lowest BCUT2D eigenvalue weighted by molar-refractivity contribution is 0.111. The monoisotopic (exact) mass is 369 g/mol. The molecule has 0 unspecified atom stereocenters. The van der Waals surface area contributed by atoms with E-state index in [9.17, 15) is 4.79 Å². The van der Waals surface area contributed by atoms with Crippen molar-refractivity contribution in [3.05, 3.63) is 95.3 Å². The highest BCUT2D eigenvalue weighted by Crippen LogP contribution is 2.35. The first-order chi connectivity index (χ1) is 13.7. The number of carbonyl (C=O) groups excluding carboxylic acids is 1. The Balaban J connectivity index is 1.82. The summed E-state index contributed by atoms with van der Waals surface area (Å²) in [5.74, 6) is 0.789. The van der Waals surface area contributed by atoms with Gasteiger partial charge in [-0.15, -0.1) is 0 Å². The molecule has 28 heavy (non-hydrogen) atoms. The molecule has 0 radical (unpaired) electrons. The number of aryl methyl sites for hydroxylation is 2. The molecular weight excluding hydrogens is 346 g/mol. The lowest BCUT2D eigenvalue weighted by Gasteiger charge is -2.13. The summed E-state index contributed by atoms with van der Waals surface area (Å²) >= 11 is 0. The second-order valence-corrected chi connectivity index (χ2v) is 7.02. The van der Waals surface area contributed by atoms with E-state index in [-0.39, 0.29) is 0 Å². The maximum atomic E-state index is 12.0. The van der Waals surface area contributed by atoms with Gasteiger partial charge in [-0.05, 0) is 54.3 Å². The van der Waals surface area contributed by atoms with Gasteiger partial charge in [0.05, 0.1) is 5.69 Å². The molecule has 0 spiro atoms. The van der Waals surface area contributed by atoms with Crippen molar-refractivity contribution in [3.8, 4) is 16.9 Å². The molecule has 0 saturated heterocycles. The Morgan fingerprint density at radius 3 is 2.50 bits per heavy atom. The van der Waals surface area contributed by atoms with Gasteiger partial charge in [-0.2, -0.15) is 0 Å². The molecule has 2 aromatic heterocycles. The van der Waals surface area contributed by atoms with Crippen LogP contribution in [0.15, 0.2) is 72.9 Å². The summed E-state index contributed by atoms with van der Waals surface area (Å²) in [4.78, 5) is 12.0. The first-order valence-corrected chi connectivity index (χ1v) is 9.56. The van der Waals surface area contributed by atoms with Gasteiger partial charge < -0.3 is 9.14 Å². The first-order valence-electron chi connectivity index (χ1n) is 9.56. The molecule has 0 fully saturated rings. The number of ether oxygens (including phenoxy) is 1. The topological polar surface area (TPSA) is 30.7 Å². The van der Waals surface area contributed by atoms with Crippen LogP contribution < -0.4 is 4.74 Å². The van der Waals surface area contributed by atoms with Crippen LogP contribution in [0.3, 0.4) is 0 Å². The summed E-state index contributed by atoms with van der Waals surface area (Å²) in [7, 11) is 0. The summed E-state index contributed by atoms with van der Waals surface area (Å²) in [5, 5.41) is 0. The van der Waals surface area contributed by atoms with E-state index in [0.29, 0.717) is 12.3 Å². The lowest BCUT2D eigenvalue weighted by Crippen LogP contribution is -1.99. The summed E-state index contributed by atoms with van der Waals surface area (Å²) in [6.07, 6.45) is 3.85. The Labute approximate surface area is 165 Å². The number of benzene rings is 2. The molecule has 0 aliphatic carbocycles. The summed E-state index contributed by atoms with van der Waals surface area (Å²) < 4.78 is 8.13. The highest BCUT2D eigenvalue weighted by Gasteiger charge is 2.16. The van der Waals surface area contributed by atoms with Gasteiger partial charge >= 0.3 is 0 Å². The van der Waals surface area contributed by atoms with Crippen molar-refractivity contribution in [1.29, 1.82) is 0 Å². The molecule has 0 bridgehead atoms. The van der Waals surface area contributed by atoms with Crippen LogP contribution in [0.5, 0.6) is 5.75 Å². The SMILES string of the molecule is CCc1ccc(OCc2ccccc2)c(-c2cc3ccc(C)cn3c2C=O)c1. The van der Waals surface area contributed by atoms with Gasteiger partial charge in [0.15, 0.2) is 6.29 Å². The van der Waals surface area contributed by atoms with E-state index in [4.69, 9.17) is 4.74 Å². The van der Waals surface area contributed by atoms with Gasteiger partial charge in [-0.3, -0.25) is 4.79 Å². The predicted molar refractivity (Wildman–Crippen MR) is 113 cm³/mol. The zero-order chi connectivity index (χ0) is 19.5. The van der Waals surface area contributed by atoms with Crippen LogP contribution in [0.2, 0.25) is 0 Å². The van der Waals surface area contributed by atoms with Crippen LogP contribution >= 0.6 is 0 Å². The van der Waals surface area contributed by atoms with E-state index >= 15 is 0 Å². The molecule has 0 aliphatic rings. The standard InChI is InChI=1S/C25H23NO2/c1-3-19-10-12-25(28-17-20-7-5-4-6-8-20)23(13-19)22-14-21-11-9-18(2)15-26(21)24(22)16-27/h4-16H,3,17H2,1-2H3. The molecule has 3 heteroatoms. The van der Waals surface area contributed by atoms with Gasteiger partial charge in [0.1, 0.15) is 12.4 Å². The molecule has 0 aliphatic heterocycles. The number of hydrogen-bond donors (Lipinski definition) is 0. The Bertz CT molecular complexity index is 1130. The Hall–Kier alpha value is -3.33. The number of pyridine rings is 1. The number of aldehydes is 1. The van der Waals surface area contributed by atoms with Gasteiger partial charge in [0.25, 0.3) is 0 Å². The van der Waals surface area contributed by atoms with Crippen molar-refractivity contribution >= 4 is 11.8 Å². The molecule has 0 N–H and O–H groups in total. The van der Waals surface area contributed by atoms with Crippen LogP contribution in [-0.4, -0.2) is 10.7 Å². The quantitative estimate of drug-likeness (QED) is 0.398. The minimum absolute atomic E-state index is 0.488. The van der Waals surface area contributed by atoms with E-state index in [1.807, 2.05) is 60.0 Å². The molecule has 0 amide bonds. The molecule has 2 aromatic carbocycles. The molecule has 0 saturated carbocycles. The molecule has 4 rings (SSSR count). The average Bonchev–Trinajstić information content (AvgIpc) is 3.10. The maximum Gasteiger partial charge on any atom is 0.167 e. The fraction of sp³-hybridized carbons (Fsp3) is 0.160. The van der Waals surface area contributed by atoms with Crippen LogP contribution in [0.1, 0.15) is 34.1 Å². The van der Waals surface area contributed by atoms with Crippen molar-refractivity contribution in [2.75, 3.05) is 0 Å². The van der Waals surface area contributed by atoms with Crippen LogP contribution in [0.25, 0.3) is 16.6 Å². The second-order valence-electron chi connectivity index (χ2n) is 7.02. The predicted octanol–water partition coefficient (Wildman–Crippen LogP) is 5.87.